The van der Waals surface area contributed by atoms with Crippen LogP contribution in [0.2, 0.25) is 5.02 Å². The van der Waals surface area contributed by atoms with E-state index in [-0.39, 0.29) is 0 Å². The number of oxime groups is 1. The fourth-order valence-corrected chi connectivity index (χ4v) is 1.77. The second-order valence-corrected chi connectivity index (χ2v) is 5.29. The predicted octanol–water partition coefficient (Wildman–Crippen LogP) is 1.58. The molecule has 0 aliphatic heterocycles. The van der Waals surface area contributed by atoms with Gasteiger partial charge in [0.25, 0.3) is 0 Å². The Kier molecular flexibility index (Phi) is 2.44. The van der Waals surface area contributed by atoms with Crippen LogP contribution < -0.4 is 0 Å². The van der Waals surface area contributed by atoms with Crippen molar-refractivity contribution in [1.82, 2.24) is 0 Å². The van der Waals surface area contributed by atoms with Crippen molar-refractivity contribution in [2.75, 3.05) is 6.26 Å². The molecular formula is C9H8ClNO3S. The summed E-state index contributed by atoms with van der Waals surface area (Å²) in [6, 6.07) is 5.36. The van der Waals surface area contributed by atoms with Gasteiger partial charge in [0.15, 0.2) is 0 Å². The molecule has 0 saturated heterocycles. The van der Waals surface area contributed by atoms with E-state index in [9.17, 15) is 8.42 Å². The van der Waals surface area contributed by atoms with Crippen LogP contribution in [0.1, 0.15) is 11.1 Å². The molecule has 1 aromatic rings. The number of fused-ring (bicyclic) bond motifs is 1. The zero-order valence-corrected chi connectivity index (χ0v) is 9.47. The summed E-state index contributed by atoms with van der Waals surface area (Å²) in [6.07, 6.45) is 1.55. The maximum atomic E-state index is 10.7. The van der Waals surface area contributed by atoms with E-state index >= 15 is 0 Å². The van der Waals surface area contributed by atoms with E-state index in [1.165, 1.54) is 0 Å². The zero-order valence-electron chi connectivity index (χ0n) is 7.90. The van der Waals surface area contributed by atoms with Crippen LogP contribution >= 0.6 is 11.6 Å². The Balaban J connectivity index is 2.22. The minimum atomic E-state index is -3.52. The molecule has 0 atom stereocenters. The molecule has 0 bridgehead atoms. The van der Waals surface area contributed by atoms with Crippen LogP contribution in [-0.4, -0.2) is 20.4 Å². The third kappa shape index (κ3) is 2.30. The van der Waals surface area contributed by atoms with Gasteiger partial charge >= 0.3 is 10.1 Å². The molecule has 1 aliphatic carbocycles. The van der Waals surface area contributed by atoms with Crippen LogP contribution in [0.15, 0.2) is 23.4 Å². The number of nitrogens with zero attached hydrogens (tertiary/aromatic N) is 1. The highest BCUT2D eigenvalue weighted by Gasteiger charge is 2.22. The summed E-state index contributed by atoms with van der Waals surface area (Å²) in [5.74, 6) is 0. The molecule has 0 unspecified atom stereocenters. The first kappa shape index (κ1) is 10.4. The van der Waals surface area contributed by atoms with E-state index in [1.54, 1.807) is 12.1 Å². The number of benzene rings is 1. The van der Waals surface area contributed by atoms with Crippen molar-refractivity contribution in [3.8, 4) is 0 Å². The molecule has 6 heteroatoms. The summed E-state index contributed by atoms with van der Waals surface area (Å²) >= 11 is 5.78. The first-order valence-corrected chi connectivity index (χ1v) is 6.39. The molecular weight excluding hydrogens is 238 g/mol. The summed E-state index contributed by atoms with van der Waals surface area (Å²) in [7, 11) is -3.52. The van der Waals surface area contributed by atoms with Crippen LogP contribution in [0.3, 0.4) is 0 Å². The molecule has 0 aromatic heterocycles. The van der Waals surface area contributed by atoms with Crippen molar-refractivity contribution < 1.29 is 12.7 Å². The van der Waals surface area contributed by atoms with Crippen LogP contribution in [0.25, 0.3) is 0 Å². The van der Waals surface area contributed by atoms with Gasteiger partial charge < -0.3 is 0 Å². The molecule has 0 saturated carbocycles. The molecule has 80 valence electrons. The molecule has 0 heterocycles. The Morgan fingerprint density at radius 1 is 1.47 bits per heavy atom. The molecule has 15 heavy (non-hydrogen) atoms. The van der Waals surface area contributed by atoms with Gasteiger partial charge in [-0.3, -0.25) is 4.28 Å². The highest BCUT2D eigenvalue weighted by atomic mass is 35.5. The normalized spacial score (nSPS) is 17.1. The maximum Gasteiger partial charge on any atom is 0.325 e. The van der Waals surface area contributed by atoms with Gasteiger partial charge in [-0.25, -0.2) is 0 Å². The Bertz CT molecular complexity index is 536. The standard InChI is InChI=1S/C9H8ClNO3S/c1-15(12,13)14-11-9-5-6-4-7(10)2-3-8(6)9/h2-4H,5H2,1H3. The smallest absolute Gasteiger partial charge is 0.268 e. The molecule has 0 spiro atoms. The lowest BCUT2D eigenvalue weighted by atomic mass is 9.87. The van der Waals surface area contributed by atoms with Crippen LogP contribution in [0, 0.1) is 0 Å². The highest BCUT2D eigenvalue weighted by Crippen LogP contribution is 2.26. The van der Waals surface area contributed by atoms with Crippen molar-refractivity contribution in [2.24, 2.45) is 5.16 Å². The second kappa shape index (κ2) is 3.50. The molecule has 0 radical (unpaired) electrons. The van der Waals surface area contributed by atoms with Gasteiger partial charge in [-0.15, -0.1) is 0 Å². The van der Waals surface area contributed by atoms with Gasteiger partial charge in [0.1, 0.15) is 0 Å². The molecule has 1 aromatic carbocycles. The topological polar surface area (TPSA) is 55.7 Å². The fourth-order valence-electron chi connectivity index (χ4n) is 1.35. The van der Waals surface area contributed by atoms with Crippen LogP contribution in [-0.2, 0) is 20.8 Å². The number of hydrogen-bond acceptors (Lipinski definition) is 4. The molecule has 1 aliphatic rings. The van der Waals surface area contributed by atoms with Crippen molar-refractivity contribution in [3.05, 3.63) is 34.3 Å². The average molecular weight is 246 g/mol. The van der Waals surface area contributed by atoms with Crippen molar-refractivity contribution >= 4 is 27.4 Å². The van der Waals surface area contributed by atoms with Gasteiger partial charge in [-0.1, -0.05) is 22.8 Å². The van der Waals surface area contributed by atoms with E-state index in [0.29, 0.717) is 17.2 Å². The minimum absolute atomic E-state index is 0.589. The summed E-state index contributed by atoms with van der Waals surface area (Å²) in [4.78, 5) is 0. The summed E-state index contributed by atoms with van der Waals surface area (Å²) in [5, 5.41) is 4.22. The Labute approximate surface area is 92.6 Å². The fraction of sp³-hybridized carbons (Fsp3) is 0.222. The zero-order chi connectivity index (χ0) is 11.1. The Morgan fingerprint density at radius 3 is 2.80 bits per heavy atom. The first-order valence-electron chi connectivity index (χ1n) is 4.20. The monoisotopic (exact) mass is 245 g/mol. The molecule has 4 nitrogen and oxygen atoms in total. The lowest BCUT2D eigenvalue weighted by Crippen LogP contribution is -2.20. The predicted molar refractivity (Wildman–Crippen MR) is 57.6 cm³/mol. The summed E-state index contributed by atoms with van der Waals surface area (Å²) in [6.45, 7) is 0. The molecule has 0 fully saturated rings. The average Bonchev–Trinajstić information content (AvgIpc) is 2.06. The number of rotatable bonds is 2. The lowest BCUT2D eigenvalue weighted by molar-refractivity contribution is 0.342. The SMILES string of the molecule is CS(=O)(=O)ON=C1Cc2cc(Cl)ccc21. The summed E-state index contributed by atoms with van der Waals surface area (Å²) < 4.78 is 25.7. The van der Waals surface area contributed by atoms with Gasteiger partial charge in [0.2, 0.25) is 0 Å². The first-order chi connectivity index (χ1) is 6.96. The van der Waals surface area contributed by atoms with Crippen molar-refractivity contribution in [1.29, 1.82) is 0 Å². The maximum absolute atomic E-state index is 10.7. The van der Waals surface area contributed by atoms with Gasteiger partial charge in [-0.05, 0) is 17.7 Å². The van der Waals surface area contributed by atoms with E-state index in [4.69, 9.17) is 11.6 Å². The van der Waals surface area contributed by atoms with E-state index in [0.717, 1.165) is 17.4 Å². The molecule has 2 rings (SSSR count). The van der Waals surface area contributed by atoms with Crippen LogP contribution in [0.4, 0.5) is 0 Å². The quantitative estimate of drug-likeness (QED) is 0.744. The molecule has 0 N–H and O–H groups in total. The van der Waals surface area contributed by atoms with E-state index in [1.807, 2.05) is 6.07 Å². The van der Waals surface area contributed by atoms with Crippen molar-refractivity contribution in [2.45, 2.75) is 6.42 Å². The van der Waals surface area contributed by atoms with Crippen molar-refractivity contribution in [3.63, 3.8) is 0 Å². The van der Waals surface area contributed by atoms with Gasteiger partial charge in [0.05, 0.1) is 12.0 Å². The largest absolute Gasteiger partial charge is 0.325 e. The third-order valence-electron chi connectivity index (χ3n) is 2.02. The third-order valence-corrected chi connectivity index (χ3v) is 2.60. The van der Waals surface area contributed by atoms with Crippen LogP contribution in [0.5, 0.6) is 0 Å². The Hall–Kier alpha value is -1.07. The number of halogens is 1. The van der Waals surface area contributed by atoms with Gasteiger partial charge in [0, 0.05) is 17.0 Å². The second-order valence-electron chi connectivity index (χ2n) is 3.29. The lowest BCUT2D eigenvalue weighted by Gasteiger charge is -2.20. The minimum Gasteiger partial charge on any atom is -0.268 e. The van der Waals surface area contributed by atoms with Gasteiger partial charge in [-0.2, -0.15) is 8.42 Å². The van der Waals surface area contributed by atoms with E-state index < -0.39 is 10.1 Å². The number of hydrogen-bond donors (Lipinski definition) is 0. The van der Waals surface area contributed by atoms with E-state index in [2.05, 4.69) is 9.44 Å². The Morgan fingerprint density at radius 2 is 2.20 bits per heavy atom. The highest BCUT2D eigenvalue weighted by molar-refractivity contribution is 7.85. The molecule has 0 amide bonds. The summed E-state index contributed by atoms with van der Waals surface area (Å²) in [5.41, 5.74) is 2.58.